The summed E-state index contributed by atoms with van der Waals surface area (Å²) in [5, 5.41) is 3.60. The molecule has 31 heavy (non-hydrogen) atoms. The number of benzene rings is 3. The van der Waals surface area contributed by atoms with Crippen LogP contribution in [0.5, 0.6) is 5.75 Å². The molecule has 0 saturated carbocycles. The molecule has 0 fully saturated rings. The lowest BCUT2D eigenvalue weighted by Gasteiger charge is -2.13. The molecule has 0 bridgehead atoms. The zero-order chi connectivity index (χ0) is 21.6. The molecule has 1 aromatic heterocycles. The van der Waals surface area contributed by atoms with Crippen LogP contribution in [0.25, 0.3) is 11.0 Å². The van der Waals surface area contributed by atoms with Gasteiger partial charge in [0.1, 0.15) is 11.6 Å². The van der Waals surface area contributed by atoms with Crippen LogP contribution in [0.1, 0.15) is 17.0 Å². The lowest BCUT2D eigenvalue weighted by Crippen LogP contribution is -2.28. The minimum Gasteiger partial charge on any atom is -0.496 e. The van der Waals surface area contributed by atoms with Gasteiger partial charge in [-0.05, 0) is 29.8 Å². The van der Waals surface area contributed by atoms with Gasteiger partial charge < -0.3 is 14.6 Å². The Bertz CT molecular complexity index is 1200. The first-order valence-corrected chi connectivity index (χ1v) is 10.6. The fraction of sp³-hybridized carbons (Fsp3) is 0.200. The topological polar surface area (TPSA) is 56.1 Å². The van der Waals surface area contributed by atoms with Gasteiger partial charge in [0.25, 0.3) is 0 Å². The quantitative estimate of drug-likeness (QED) is 0.440. The van der Waals surface area contributed by atoms with Crippen molar-refractivity contribution in [3.05, 3.63) is 94.8 Å². The van der Waals surface area contributed by atoms with Crippen molar-refractivity contribution in [3.63, 3.8) is 0 Å². The van der Waals surface area contributed by atoms with Gasteiger partial charge in [0.15, 0.2) is 0 Å². The second kappa shape index (κ2) is 9.67. The van der Waals surface area contributed by atoms with E-state index in [0.717, 1.165) is 33.7 Å². The molecule has 0 spiro atoms. The van der Waals surface area contributed by atoms with Crippen molar-refractivity contribution in [2.75, 3.05) is 13.7 Å². The van der Waals surface area contributed by atoms with E-state index in [4.69, 9.17) is 21.3 Å². The Hall–Kier alpha value is -3.31. The predicted molar refractivity (Wildman–Crippen MR) is 124 cm³/mol. The number of nitrogens with zero attached hydrogens (tertiary/aromatic N) is 2. The van der Waals surface area contributed by atoms with Crippen LogP contribution >= 0.6 is 11.6 Å². The Morgan fingerprint density at radius 2 is 1.71 bits per heavy atom. The van der Waals surface area contributed by atoms with Crippen LogP contribution in [0.2, 0.25) is 5.02 Å². The first kappa shape index (κ1) is 20.9. The summed E-state index contributed by atoms with van der Waals surface area (Å²) < 4.78 is 7.71. The van der Waals surface area contributed by atoms with Crippen molar-refractivity contribution in [3.8, 4) is 5.75 Å². The van der Waals surface area contributed by atoms with Gasteiger partial charge in [0, 0.05) is 23.6 Å². The van der Waals surface area contributed by atoms with E-state index in [1.54, 1.807) is 13.2 Å². The minimum atomic E-state index is -0.0551. The van der Waals surface area contributed by atoms with E-state index in [1.807, 2.05) is 54.6 Å². The third kappa shape index (κ3) is 4.89. The molecule has 1 heterocycles. The van der Waals surface area contributed by atoms with Crippen LogP contribution in [0.4, 0.5) is 0 Å². The van der Waals surface area contributed by atoms with Gasteiger partial charge in [0.2, 0.25) is 5.91 Å². The van der Waals surface area contributed by atoms with E-state index in [9.17, 15) is 4.79 Å². The van der Waals surface area contributed by atoms with Gasteiger partial charge in [-0.1, -0.05) is 60.1 Å². The Labute approximate surface area is 186 Å². The molecule has 0 aliphatic carbocycles. The van der Waals surface area contributed by atoms with E-state index in [1.165, 1.54) is 0 Å². The highest BCUT2D eigenvalue weighted by Crippen LogP contribution is 2.23. The first-order chi connectivity index (χ1) is 15.2. The number of ether oxygens (including phenoxy) is 1. The second-order valence-corrected chi connectivity index (χ2v) is 7.69. The monoisotopic (exact) mass is 433 g/mol. The Morgan fingerprint density at radius 3 is 2.52 bits per heavy atom. The molecule has 0 aliphatic rings. The molecule has 0 aliphatic heterocycles. The van der Waals surface area contributed by atoms with E-state index >= 15 is 0 Å². The van der Waals surface area contributed by atoms with Crippen LogP contribution in [0, 0.1) is 0 Å². The molecule has 5 nitrogen and oxygen atoms in total. The SMILES string of the molecule is COc1ccccc1Cn1c(CCNC(=O)Cc2ccccc2Cl)nc2ccccc21. The van der Waals surface area contributed by atoms with Crippen molar-refractivity contribution < 1.29 is 9.53 Å². The number of methoxy groups -OCH3 is 1. The number of imidazole rings is 1. The van der Waals surface area contributed by atoms with Crippen LogP contribution in [-0.2, 0) is 24.2 Å². The van der Waals surface area contributed by atoms with Crippen molar-refractivity contribution in [2.45, 2.75) is 19.4 Å². The van der Waals surface area contributed by atoms with Gasteiger partial charge in [0.05, 0.1) is 31.1 Å². The normalized spacial score (nSPS) is 10.9. The molecule has 6 heteroatoms. The van der Waals surface area contributed by atoms with Crippen LogP contribution < -0.4 is 10.1 Å². The Kier molecular flexibility index (Phi) is 6.53. The Morgan fingerprint density at radius 1 is 1.00 bits per heavy atom. The summed E-state index contributed by atoms with van der Waals surface area (Å²) in [5.41, 5.74) is 3.91. The molecule has 0 radical (unpaired) electrons. The van der Waals surface area contributed by atoms with Crippen molar-refractivity contribution in [1.29, 1.82) is 0 Å². The molecule has 0 unspecified atom stereocenters. The largest absolute Gasteiger partial charge is 0.496 e. The second-order valence-electron chi connectivity index (χ2n) is 7.28. The van der Waals surface area contributed by atoms with Crippen molar-refractivity contribution in [2.24, 2.45) is 0 Å². The van der Waals surface area contributed by atoms with Crippen LogP contribution in [-0.4, -0.2) is 29.1 Å². The summed E-state index contributed by atoms with van der Waals surface area (Å²) in [4.78, 5) is 17.2. The number of amides is 1. The molecule has 158 valence electrons. The van der Waals surface area contributed by atoms with Crippen molar-refractivity contribution >= 4 is 28.5 Å². The third-order valence-electron chi connectivity index (χ3n) is 5.23. The van der Waals surface area contributed by atoms with E-state index < -0.39 is 0 Å². The summed E-state index contributed by atoms with van der Waals surface area (Å²) in [5.74, 6) is 1.71. The number of aromatic nitrogens is 2. The standard InChI is InChI=1S/C25H24ClN3O2/c1-31-23-13-7-3-9-19(23)17-29-22-12-6-5-11-21(22)28-24(29)14-15-27-25(30)16-18-8-2-4-10-20(18)26/h2-13H,14-17H2,1H3,(H,27,30). The molecule has 0 saturated heterocycles. The lowest BCUT2D eigenvalue weighted by molar-refractivity contribution is -0.120. The highest BCUT2D eigenvalue weighted by Gasteiger charge is 2.13. The fourth-order valence-electron chi connectivity index (χ4n) is 3.69. The molecule has 1 N–H and O–H groups in total. The van der Waals surface area contributed by atoms with Gasteiger partial charge in [-0.25, -0.2) is 4.98 Å². The van der Waals surface area contributed by atoms with Gasteiger partial charge in [-0.3, -0.25) is 4.79 Å². The predicted octanol–water partition coefficient (Wildman–Crippen LogP) is 4.65. The highest BCUT2D eigenvalue weighted by atomic mass is 35.5. The van der Waals surface area contributed by atoms with Gasteiger partial charge >= 0.3 is 0 Å². The van der Waals surface area contributed by atoms with E-state index in [0.29, 0.717) is 24.5 Å². The number of carbonyl (C=O) groups excluding carboxylic acids is 1. The van der Waals surface area contributed by atoms with Crippen molar-refractivity contribution in [1.82, 2.24) is 14.9 Å². The molecular formula is C25H24ClN3O2. The smallest absolute Gasteiger partial charge is 0.224 e. The molecule has 3 aromatic carbocycles. The maximum absolute atomic E-state index is 12.4. The van der Waals surface area contributed by atoms with E-state index in [2.05, 4.69) is 22.0 Å². The summed E-state index contributed by atoms with van der Waals surface area (Å²) in [6.07, 6.45) is 0.884. The first-order valence-electron chi connectivity index (χ1n) is 10.2. The number of carbonyl (C=O) groups is 1. The molecular weight excluding hydrogens is 410 g/mol. The zero-order valence-corrected chi connectivity index (χ0v) is 18.1. The average molecular weight is 434 g/mol. The maximum Gasteiger partial charge on any atom is 0.224 e. The third-order valence-corrected chi connectivity index (χ3v) is 5.60. The Balaban J connectivity index is 1.49. The number of rotatable bonds is 8. The number of hydrogen-bond acceptors (Lipinski definition) is 3. The number of fused-ring (bicyclic) bond motifs is 1. The van der Waals surface area contributed by atoms with Crippen LogP contribution in [0.3, 0.4) is 0 Å². The van der Waals surface area contributed by atoms with Crippen LogP contribution in [0.15, 0.2) is 72.8 Å². The lowest BCUT2D eigenvalue weighted by atomic mass is 10.1. The summed E-state index contributed by atoms with van der Waals surface area (Å²) in [6.45, 7) is 1.14. The fourth-order valence-corrected chi connectivity index (χ4v) is 3.89. The molecule has 4 aromatic rings. The minimum absolute atomic E-state index is 0.0551. The number of hydrogen-bond donors (Lipinski definition) is 1. The number of halogens is 1. The van der Waals surface area contributed by atoms with Gasteiger partial charge in [-0.15, -0.1) is 0 Å². The summed E-state index contributed by atoms with van der Waals surface area (Å²) >= 11 is 6.16. The number of nitrogens with one attached hydrogen (secondary N) is 1. The highest BCUT2D eigenvalue weighted by molar-refractivity contribution is 6.31. The zero-order valence-electron chi connectivity index (χ0n) is 17.3. The van der Waals surface area contributed by atoms with Gasteiger partial charge in [-0.2, -0.15) is 0 Å². The maximum atomic E-state index is 12.4. The summed E-state index contributed by atoms with van der Waals surface area (Å²) in [6, 6.07) is 23.5. The average Bonchev–Trinajstić information content (AvgIpc) is 3.13. The summed E-state index contributed by atoms with van der Waals surface area (Å²) in [7, 11) is 1.68. The molecule has 1 amide bonds. The molecule has 0 atom stereocenters. The number of para-hydroxylation sites is 3. The van der Waals surface area contributed by atoms with E-state index in [-0.39, 0.29) is 12.3 Å². The molecule has 4 rings (SSSR count).